The highest BCUT2D eigenvalue weighted by atomic mass is 16.5. The number of pyridine rings is 1. The predicted octanol–water partition coefficient (Wildman–Crippen LogP) is 2.89. The van der Waals surface area contributed by atoms with Crippen molar-refractivity contribution in [2.24, 2.45) is 0 Å². The van der Waals surface area contributed by atoms with Crippen molar-refractivity contribution >= 4 is 17.2 Å². The summed E-state index contributed by atoms with van der Waals surface area (Å²) in [4.78, 5) is 19.2. The van der Waals surface area contributed by atoms with E-state index in [9.17, 15) is 9.90 Å². The molecule has 2 heterocycles. The highest BCUT2D eigenvalue weighted by Crippen LogP contribution is 2.25. The molecule has 1 N–H and O–H groups in total. The lowest BCUT2D eigenvalue weighted by Crippen LogP contribution is -2.28. The van der Waals surface area contributed by atoms with Crippen molar-refractivity contribution in [2.75, 3.05) is 19.1 Å². The standard InChI is InChI=1S/C18H19N3O3/c1-4-14-16(21-11-5-6-15(24-3)17(21)19-14)18(23)20(2)12-7-9-13(22)10-8-12/h5-11,22H,4H2,1-3H3. The molecule has 6 nitrogen and oxygen atoms in total. The monoisotopic (exact) mass is 325 g/mol. The van der Waals surface area contributed by atoms with E-state index >= 15 is 0 Å². The number of hydrogen-bond acceptors (Lipinski definition) is 4. The molecule has 0 aliphatic heterocycles. The second kappa shape index (κ2) is 6.23. The number of phenols is 1. The number of phenolic OH excluding ortho intramolecular Hbond substituents is 1. The summed E-state index contributed by atoms with van der Waals surface area (Å²) in [6.07, 6.45) is 2.44. The van der Waals surface area contributed by atoms with Gasteiger partial charge in [0, 0.05) is 18.9 Å². The number of hydrogen-bond donors (Lipinski definition) is 1. The van der Waals surface area contributed by atoms with Gasteiger partial charge in [0.2, 0.25) is 0 Å². The number of rotatable bonds is 4. The fraction of sp³-hybridized carbons (Fsp3) is 0.222. The van der Waals surface area contributed by atoms with Gasteiger partial charge in [0.15, 0.2) is 11.4 Å². The first-order valence-electron chi connectivity index (χ1n) is 7.67. The average molecular weight is 325 g/mol. The maximum absolute atomic E-state index is 13.0. The highest BCUT2D eigenvalue weighted by Gasteiger charge is 2.23. The first-order valence-corrected chi connectivity index (χ1v) is 7.67. The molecule has 3 aromatic rings. The first kappa shape index (κ1) is 15.9. The third-order valence-corrected chi connectivity index (χ3v) is 3.99. The molecule has 0 radical (unpaired) electrons. The topological polar surface area (TPSA) is 67.1 Å². The number of carbonyl (C=O) groups excluding carboxylic acids is 1. The van der Waals surface area contributed by atoms with Gasteiger partial charge >= 0.3 is 0 Å². The van der Waals surface area contributed by atoms with Gasteiger partial charge in [-0.2, -0.15) is 0 Å². The number of methoxy groups -OCH3 is 1. The summed E-state index contributed by atoms with van der Waals surface area (Å²) in [7, 11) is 3.29. The van der Waals surface area contributed by atoms with E-state index < -0.39 is 0 Å². The number of ether oxygens (including phenoxy) is 1. The quantitative estimate of drug-likeness (QED) is 0.801. The highest BCUT2D eigenvalue weighted by molar-refractivity contribution is 6.06. The molecule has 124 valence electrons. The van der Waals surface area contributed by atoms with E-state index in [1.165, 1.54) is 0 Å². The van der Waals surface area contributed by atoms with Crippen LogP contribution in [0.4, 0.5) is 5.69 Å². The Bertz CT molecular complexity index is 884. The van der Waals surface area contributed by atoms with Crippen molar-refractivity contribution in [1.29, 1.82) is 0 Å². The molecule has 0 aliphatic carbocycles. The second-order valence-electron chi connectivity index (χ2n) is 5.41. The van der Waals surface area contributed by atoms with Crippen molar-refractivity contribution in [3.8, 4) is 11.5 Å². The molecular formula is C18H19N3O3. The number of nitrogens with zero attached hydrogens (tertiary/aromatic N) is 3. The number of imidazole rings is 1. The number of aromatic nitrogens is 2. The molecule has 0 saturated carbocycles. The van der Waals surface area contributed by atoms with Gasteiger partial charge in [-0.1, -0.05) is 6.92 Å². The van der Waals surface area contributed by atoms with Gasteiger partial charge in [0.1, 0.15) is 11.4 Å². The average Bonchev–Trinajstić information content (AvgIpc) is 2.99. The SMILES string of the molecule is CCc1nc2c(OC)cccn2c1C(=O)N(C)c1ccc(O)cc1. The number of fused-ring (bicyclic) bond motifs is 1. The second-order valence-corrected chi connectivity index (χ2v) is 5.41. The van der Waals surface area contributed by atoms with Crippen LogP contribution in [0, 0.1) is 0 Å². The van der Waals surface area contributed by atoms with Crippen molar-refractivity contribution < 1.29 is 14.6 Å². The summed E-state index contributed by atoms with van der Waals surface area (Å²) in [5.74, 6) is 0.616. The molecule has 0 bridgehead atoms. The lowest BCUT2D eigenvalue weighted by atomic mass is 10.2. The van der Waals surface area contributed by atoms with Gasteiger partial charge in [0.05, 0.1) is 12.8 Å². The summed E-state index contributed by atoms with van der Waals surface area (Å²) in [5.41, 5.74) is 2.55. The van der Waals surface area contributed by atoms with Crippen molar-refractivity contribution in [1.82, 2.24) is 9.38 Å². The molecule has 6 heteroatoms. The summed E-state index contributed by atoms with van der Waals surface area (Å²) >= 11 is 0. The molecule has 1 amide bonds. The first-order chi connectivity index (χ1) is 11.6. The Morgan fingerprint density at radius 2 is 2.00 bits per heavy atom. The van der Waals surface area contributed by atoms with Crippen molar-refractivity contribution in [2.45, 2.75) is 13.3 Å². The van der Waals surface area contributed by atoms with Crippen LogP contribution in [0.25, 0.3) is 5.65 Å². The molecular weight excluding hydrogens is 306 g/mol. The van der Waals surface area contributed by atoms with E-state index in [1.54, 1.807) is 47.7 Å². The lowest BCUT2D eigenvalue weighted by Gasteiger charge is -2.18. The number of carbonyl (C=O) groups is 1. The maximum atomic E-state index is 13.0. The van der Waals surface area contributed by atoms with E-state index in [4.69, 9.17) is 4.74 Å². The Balaban J connectivity index is 2.10. The molecule has 0 aliphatic rings. The molecule has 0 spiro atoms. The van der Waals surface area contributed by atoms with E-state index in [-0.39, 0.29) is 11.7 Å². The van der Waals surface area contributed by atoms with Gasteiger partial charge < -0.3 is 14.7 Å². The number of anilines is 1. The minimum Gasteiger partial charge on any atom is -0.508 e. The van der Waals surface area contributed by atoms with Gasteiger partial charge in [-0.05, 0) is 42.8 Å². The Morgan fingerprint density at radius 3 is 2.62 bits per heavy atom. The van der Waals surface area contributed by atoms with Crippen LogP contribution >= 0.6 is 0 Å². The molecule has 0 saturated heterocycles. The van der Waals surface area contributed by atoms with Crippen molar-refractivity contribution in [3.05, 3.63) is 54.0 Å². The lowest BCUT2D eigenvalue weighted by molar-refractivity contribution is 0.0986. The van der Waals surface area contributed by atoms with Crippen LogP contribution in [0.5, 0.6) is 11.5 Å². The zero-order valence-electron chi connectivity index (χ0n) is 13.9. The van der Waals surface area contributed by atoms with E-state index in [1.807, 2.05) is 25.3 Å². The van der Waals surface area contributed by atoms with E-state index in [0.717, 1.165) is 5.69 Å². The Kier molecular flexibility index (Phi) is 4.12. The number of amides is 1. The number of benzene rings is 1. The molecule has 0 unspecified atom stereocenters. The minimum atomic E-state index is -0.168. The summed E-state index contributed by atoms with van der Waals surface area (Å²) in [5, 5.41) is 9.41. The summed E-state index contributed by atoms with van der Waals surface area (Å²) in [6.45, 7) is 1.96. The Hall–Kier alpha value is -3.02. The third-order valence-electron chi connectivity index (χ3n) is 3.99. The summed E-state index contributed by atoms with van der Waals surface area (Å²) < 4.78 is 7.10. The minimum absolute atomic E-state index is 0.161. The molecule has 3 rings (SSSR count). The Labute approximate surface area is 139 Å². The van der Waals surface area contributed by atoms with Crippen LogP contribution in [-0.4, -0.2) is 34.6 Å². The normalized spacial score (nSPS) is 10.8. The van der Waals surface area contributed by atoms with E-state index in [2.05, 4.69) is 4.98 Å². The Morgan fingerprint density at radius 1 is 1.29 bits per heavy atom. The summed E-state index contributed by atoms with van der Waals surface area (Å²) in [6, 6.07) is 10.1. The van der Waals surface area contributed by atoms with Crippen LogP contribution in [0.1, 0.15) is 23.1 Å². The third kappa shape index (κ3) is 2.56. The zero-order valence-corrected chi connectivity index (χ0v) is 13.9. The maximum Gasteiger partial charge on any atom is 0.276 e. The fourth-order valence-electron chi connectivity index (χ4n) is 2.67. The van der Waals surface area contributed by atoms with Crippen LogP contribution in [-0.2, 0) is 6.42 Å². The predicted molar refractivity (Wildman–Crippen MR) is 92.0 cm³/mol. The molecule has 24 heavy (non-hydrogen) atoms. The molecule has 2 aromatic heterocycles. The van der Waals surface area contributed by atoms with Gasteiger partial charge in [-0.3, -0.25) is 9.20 Å². The molecule has 0 fully saturated rings. The van der Waals surface area contributed by atoms with Crippen LogP contribution in [0.2, 0.25) is 0 Å². The number of aromatic hydroxyl groups is 1. The van der Waals surface area contributed by atoms with Crippen molar-refractivity contribution in [3.63, 3.8) is 0 Å². The molecule has 1 aromatic carbocycles. The molecule has 0 atom stereocenters. The van der Waals surface area contributed by atoms with Crippen LogP contribution < -0.4 is 9.64 Å². The van der Waals surface area contributed by atoms with Crippen LogP contribution in [0.3, 0.4) is 0 Å². The van der Waals surface area contributed by atoms with Gasteiger partial charge in [0.25, 0.3) is 5.91 Å². The van der Waals surface area contributed by atoms with Crippen LogP contribution in [0.15, 0.2) is 42.6 Å². The van der Waals surface area contributed by atoms with Gasteiger partial charge in [-0.15, -0.1) is 0 Å². The zero-order chi connectivity index (χ0) is 17.3. The van der Waals surface area contributed by atoms with E-state index in [0.29, 0.717) is 29.2 Å². The number of aryl methyl sites for hydroxylation is 1. The fourth-order valence-corrected chi connectivity index (χ4v) is 2.67. The largest absolute Gasteiger partial charge is 0.508 e. The van der Waals surface area contributed by atoms with Gasteiger partial charge in [-0.25, -0.2) is 4.98 Å². The smallest absolute Gasteiger partial charge is 0.276 e.